The molecule has 0 unspecified atom stereocenters. The number of aromatic hydroxyl groups is 1. The van der Waals surface area contributed by atoms with Gasteiger partial charge in [-0.3, -0.25) is 0 Å². The number of nitriles is 1. The first-order chi connectivity index (χ1) is 9.65. The molecule has 1 atom stereocenters. The molecule has 6 nitrogen and oxygen atoms in total. The Balaban J connectivity index is 2.82. The van der Waals surface area contributed by atoms with E-state index in [1.165, 1.54) is 0 Å². The van der Waals surface area contributed by atoms with E-state index in [2.05, 4.69) is 0 Å². The van der Waals surface area contributed by atoms with Crippen molar-refractivity contribution in [2.24, 2.45) is 5.73 Å². The van der Waals surface area contributed by atoms with Crippen LogP contribution in [0.15, 0.2) is 12.1 Å². The van der Waals surface area contributed by atoms with Crippen molar-refractivity contribution >= 4 is 55.2 Å². The minimum absolute atomic E-state index is 0.0838. The Morgan fingerprint density at radius 1 is 1.43 bits per heavy atom. The molecule has 0 bridgehead atoms. The standard InChI is InChI=1S/C12H15I2N3O3S/c1-21(19,20)17(3-2-15)7-9(16)4-8-5-10(13)12(18)11(14)6-8/h5-6,9,18H,3-4,7,16H2,1H3/t9-/m0/s1. The molecule has 0 aliphatic rings. The number of hydrogen-bond acceptors (Lipinski definition) is 5. The Labute approximate surface area is 151 Å². The molecule has 0 heterocycles. The van der Waals surface area contributed by atoms with E-state index in [-0.39, 0.29) is 18.8 Å². The molecule has 0 aliphatic heterocycles. The molecule has 9 heteroatoms. The van der Waals surface area contributed by atoms with Crippen molar-refractivity contribution in [1.29, 1.82) is 5.26 Å². The van der Waals surface area contributed by atoms with Crippen LogP contribution in [0.4, 0.5) is 0 Å². The van der Waals surface area contributed by atoms with Gasteiger partial charge in [0.1, 0.15) is 12.3 Å². The van der Waals surface area contributed by atoms with Crippen molar-refractivity contribution in [2.75, 3.05) is 19.3 Å². The Morgan fingerprint density at radius 2 is 1.95 bits per heavy atom. The van der Waals surface area contributed by atoms with Gasteiger partial charge in [-0.05, 0) is 69.3 Å². The molecule has 0 saturated heterocycles. The number of halogens is 2. The van der Waals surface area contributed by atoms with E-state index in [0.29, 0.717) is 6.42 Å². The van der Waals surface area contributed by atoms with E-state index in [1.807, 2.05) is 63.4 Å². The minimum atomic E-state index is -3.45. The molecule has 0 saturated carbocycles. The van der Waals surface area contributed by atoms with Crippen molar-refractivity contribution < 1.29 is 13.5 Å². The molecular formula is C12H15I2N3O3S. The van der Waals surface area contributed by atoms with Gasteiger partial charge >= 0.3 is 0 Å². The molecular weight excluding hydrogens is 520 g/mol. The van der Waals surface area contributed by atoms with E-state index >= 15 is 0 Å². The third kappa shape index (κ3) is 5.85. The fraction of sp³-hybridized carbons (Fsp3) is 0.417. The quantitative estimate of drug-likeness (QED) is 0.422. The van der Waals surface area contributed by atoms with Crippen LogP contribution in [-0.2, 0) is 16.4 Å². The summed E-state index contributed by atoms with van der Waals surface area (Å²) in [6.07, 6.45) is 1.52. The first kappa shape index (κ1) is 18.9. The van der Waals surface area contributed by atoms with E-state index in [9.17, 15) is 13.5 Å². The van der Waals surface area contributed by atoms with Gasteiger partial charge in [-0.25, -0.2) is 8.42 Å². The third-order valence-corrected chi connectivity index (χ3v) is 5.59. The minimum Gasteiger partial charge on any atom is -0.506 e. The number of hydrogen-bond donors (Lipinski definition) is 2. The highest BCUT2D eigenvalue weighted by atomic mass is 127. The highest BCUT2D eigenvalue weighted by Crippen LogP contribution is 2.27. The van der Waals surface area contributed by atoms with Crippen LogP contribution >= 0.6 is 45.2 Å². The SMILES string of the molecule is CS(=O)(=O)N(CC#N)C[C@@H](N)Cc1cc(I)c(O)c(I)c1. The number of phenolic OH excluding ortho intramolecular Hbond substituents is 1. The second-order valence-corrected chi connectivity index (χ2v) is 8.89. The number of phenols is 1. The number of benzene rings is 1. The zero-order chi connectivity index (χ0) is 16.2. The van der Waals surface area contributed by atoms with Gasteiger partial charge in [-0.15, -0.1) is 0 Å². The van der Waals surface area contributed by atoms with Crippen LogP contribution in [-0.4, -0.2) is 43.2 Å². The van der Waals surface area contributed by atoms with Gasteiger partial charge in [0, 0.05) is 12.6 Å². The molecule has 116 valence electrons. The van der Waals surface area contributed by atoms with Gasteiger partial charge in [0.2, 0.25) is 10.0 Å². The largest absolute Gasteiger partial charge is 0.506 e. The Hall–Kier alpha value is -0.160. The Morgan fingerprint density at radius 3 is 2.38 bits per heavy atom. The molecule has 0 amide bonds. The maximum atomic E-state index is 11.5. The lowest BCUT2D eigenvalue weighted by atomic mass is 10.1. The molecule has 1 aromatic rings. The fourth-order valence-corrected chi connectivity index (χ4v) is 4.41. The number of nitrogens with zero attached hydrogens (tertiary/aromatic N) is 2. The second-order valence-electron chi connectivity index (χ2n) is 4.59. The van der Waals surface area contributed by atoms with Crippen molar-refractivity contribution in [3.63, 3.8) is 0 Å². The van der Waals surface area contributed by atoms with Gasteiger partial charge < -0.3 is 10.8 Å². The van der Waals surface area contributed by atoms with E-state index < -0.39 is 16.1 Å². The summed E-state index contributed by atoms with van der Waals surface area (Å²) < 4.78 is 25.6. The third-order valence-electron chi connectivity index (χ3n) is 2.73. The lowest BCUT2D eigenvalue weighted by Gasteiger charge is -2.21. The number of sulfonamides is 1. The Bertz CT molecular complexity index is 635. The summed E-state index contributed by atoms with van der Waals surface area (Å²) in [6.45, 7) is -0.127. The van der Waals surface area contributed by atoms with Crippen molar-refractivity contribution in [3.8, 4) is 11.8 Å². The predicted octanol–water partition coefficient (Wildman–Crippen LogP) is 1.26. The summed E-state index contributed by atoms with van der Waals surface area (Å²) in [5.41, 5.74) is 6.91. The number of rotatable bonds is 6. The van der Waals surface area contributed by atoms with Crippen molar-refractivity contribution in [2.45, 2.75) is 12.5 Å². The predicted molar refractivity (Wildman–Crippen MR) is 97.3 cm³/mol. The summed E-state index contributed by atoms with van der Waals surface area (Å²) >= 11 is 4.06. The van der Waals surface area contributed by atoms with Crippen molar-refractivity contribution in [1.82, 2.24) is 4.31 Å². The summed E-state index contributed by atoms with van der Waals surface area (Å²) in [6, 6.07) is 5.02. The van der Waals surface area contributed by atoms with Crippen molar-refractivity contribution in [3.05, 3.63) is 24.8 Å². The summed E-state index contributed by atoms with van der Waals surface area (Å²) in [7, 11) is -3.45. The average Bonchev–Trinajstić information content (AvgIpc) is 2.34. The van der Waals surface area contributed by atoms with Crippen LogP contribution in [0.25, 0.3) is 0 Å². The van der Waals surface area contributed by atoms with Crippen LogP contribution in [0.2, 0.25) is 0 Å². The molecule has 0 spiro atoms. The highest BCUT2D eigenvalue weighted by Gasteiger charge is 2.20. The van der Waals surface area contributed by atoms with Gasteiger partial charge in [0.05, 0.1) is 19.5 Å². The Kier molecular flexibility index (Phi) is 7.11. The van der Waals surface area contributed by atoms with Crippen LogP contribution in [0, 0.1) is 18.5 Å². The van der Waals surface area contributed by atoms with Crippen LogP contribution in [0.5, 0.6) is 5.75 Å². The molecule has 1 aromatic carbocycles. The van der Waals surface area contributed by atoms with Gasteiger partial charge in [-0.1, -0.05) is 0 Å². The zero-order valence-electron chi connectivity index (χ0n) is 11.3. The monoisotopic (exact) mass is 535 g/mol. The second kappa shape index (κ2) is 7.91. The van der Waals surface area contributed by atoms with E-state index in [0.717, 1.165) is 23.3 Å². The normalized spacial score (nSPS) is 13.1. The molecule has 0 fully saturated rings. The van der Waals surface area contributed by atoms with Gasteiger partial charge in [0.25, 0.3) is 0 Å². The summed E-state index contributed by atoms with van der Waals surface area (Å²) in [5, 5.41) is 18.4. The summed E-state index contributed by atoms with van der Waals surface area (Å²) in [4.78, 5) is 0. The maximum Gasteiger partial charge on any atom is 0.212 e. The number of nitrogens with two attached hydrogens (primary N) is 1. The summed E-state index contributed by atoms with van der Waals surface area (Å²) in [5.74, 6) is 0.232. The van der Waals surface area contributed by atoms with E-state index in [1.54, 1.807) is 0 Å². The fourth-order valence-electron chi connectivity index (χ4n) is 1.76. The van der Waals surface area contributed by atoms with Gasteiger partial charge in [-0.2, -0.15) is 9.57 Å². The topological polar surface area (TPSA) is 107 Å². The van der Waals surface area contributed by atoms with Crippen LogP contribution < -0.4 is 5.73 Å². The lowest BCUT2D eigenvalue weighted by molar-refractivity contribution is 0.414. The first-order valence-electron chi connectivity index (χ1n) is 5.89. The lowest BCUT2D eigenvalue weighted by Crippen LogP contribution is -2.41. The smallest absolute Gasteiger partial charge is 0.212 e. The zero-order valence-corrected chi connectivity index (χ0v) is 16.4. The molecule has 0 radical (unpaired) electrons. The van der Waals surface area contributed by atoms with Gasteiger partial charge in [0.15, 0.2) is 0 Å². The molecule has 3 N–H and O–H groups in total. The average molecular weight is 535 g/mol. The maximum absolute atomic E-state index is 11.5. The first-order valence-corrected chi connectivity index (χ1v) is 9.90. The molecule has 0 aromatic heterocycles. The molecule has 1 rings (SSSR count). The highest BCUT2D eigenvalue weighted by molar-refractivity contribution is 14.1. The molecule has 21 heavy (non-hydrogen) atoms. The molecule has 0 aliphatic carbocycles. The van der Waals surface area contributed by atoms with Crippen LogP contribution in [0.3, 0.4) is 0 Å². The van der Waals surface area contributed by atoms with E-state index in [4.69, 9.17) is 11.0 Å². The van der Waals surface area contributed by atoms with Crippen LogP contribution in [0.1, 0.15) is 5.56 Å².